The highest BCUT2D eigenvalue weighted by molar-refractivity contribution is 5.99. The van der Waals surface area contributed by atoms with Crippen molar-refractivity contribution in [2.24, 2.45) is 5.41 Å². The van der Waals surface area contributed by atoms with Gasteiger partial charge in [-0.3, -0.25) is 9.59 Å². The van der Waals surface area contributed by atoms with Crippen molar-refractivity contribution < 1.29 is 18.7 Å². The third-order valence-electron chi connectivity index (χ3n) is 5.87. The number of Topliss-reactive ketones (excluding diaryl/α,β-unsaturated/α-hetero) is 1. The van der Waals surface area contributed by atoms with Crippen LogP contribution in [0.4, 0.5) is 4.39 Å². The second kappa shape index (κ2) is 7.82. The lowest BCUT2D eigenvalue weighted by Crippen LogP contribution is -2.38. The number of allylic oxidation sites excluding steroid dienone is 2. The van der Waals surface area contributed by atoms with Crippen LogP contribution < -0.4 is 5.32 Å². The maximum atomic E-state index is 14.8. The van der Waals surface area contributed by atoms with E-state index in [1.165, 1.54) is 6.92 Å². The Kier molecular flexibility index (Phi) is 5.60. The fourth-order valence-electron chi connectivity index (χ4n) is 3.65. The second-order valence-electron chi connectivity index (χ2n) is 7.71. The van der Waals surface area contributed by atoms with E-state index in [2.05, 4.69) is 11.9 Å². The van der Waals surface area contributed by atoms with Crippen molar-refractivity contribution in [2.75, 3.05) is 6.61 Å². The van der Waals surface area contributed by atoms with Crippen LogP contribution in [0.25, 0.3) is 6.08 Å². The molecule has 2 unspecified atom stereocenters. The Morgan fingerprint density at radius 2 is 2.07 bits per heavy atom. The van der Waals surface area contributed by atoms with Gasteiger partial charge >= 0.3 is 5.97 Å². The summed E-state index contributed by atoms with van der Waals surface area (Å²) < 4.78 is 20.1. The second-order valence-corrected chi connectivity index (χ2v) is 7.71. The molecule has 0 spiro atoms. The van der Waals surface area contributed by atoms with Gasteiger partial charge in [-0.05, 0) is 61.6 Å². The first-order valence-electron chi connectivity index (χ1n) is 9.70. The molecule has 0 radical (unpaired) electrons. The number of benzene rings is 1. The molecule has 1 aromatic rings. The van der Waals surface area contributed by atoms with E-state index in [1.807, 2.05) is 38.1 Å². The number of aryl methyl sites for hydroxylation is 1. The molecule has 29 heavy (non-hydrogen) atoms. The van der Waals surface area contributed by atoms with Gasteiger partial charge < -0.3 is 10.1 Å². The molecule has 0 aliphatic carbocycles. The molecule has 1 N–H and O–H groups in total. The Morgan fingerprint density at radius 3 is 2.69 bits per heavy atom. The van der Waals surface area contributed by atoms with Crippen molar-refractivity contribution in [2.45, 2.75) is 40.4 Å². The van der Waals surface area contributed by atoms with E-state index < -0.39 is 11.7 Å². The highest BCUT2D eigenvalue weighted by atomic mass is 19.1. The molecular weight excluding hydrogens is 369 g/mol. The first-order valence-corrected chi connectivity index (χ1v) is 9.70. The molecule has 5 heteroatoms. The number of ether oxygens (including phenoxy) is 1. The lowest BCUT2D eigenvalue weighted by molar-refractivity contribution is -0.153. The quantitative estimate of drug-likeness (QED) is 0.599. The van der Waals surface area contributed by atoms with Crippen LogP contribution in [-0.4, -0.2) is 24.7 Å². The largest absolute Gasteiger partial charge is 0.460 e. The van der Waals surface area contributed by atoms with Crippen LogP contribution >= 0.6 is 0 Å². The lowest BCUT2D eigenvalue weighted by atomic mass is 9.74. The fourth-order valence-corrected chi connectivity index (χ4v) is 3.65. The van der Waals surface area contributed by atoms with Gasteiger partial charge in [0, 0.05) is 16.8 Å². The van der Waals surface area contributed by atoms with Crippen LogP contribution in [0.3, 0.4) is 0 Å². The number of hydrogen-bond acceptors (Lipinski definition) is 4. The zero-order valence-corrected chi connectivity index (χ0v) is 17.3. The number of carbonyl (C=O) groups excluding carboxylic acids is 2. The molecule has 2 aliphatic rings. The van der Waals surface area contributed by atoms with Gasteiger partial charge in [0.15, 0.2) is 12.1 Å². The molecule has 0 saturated carbocycles. The van der Waals surface area contributed by atoms with Gasteiger partial charge in [0.1, 0.15) is 6.61 Å². The summed E-state index contributed by atoms with van der Waals surface area (Å²) in [6, 6.07) is 7.72. The predicted octanol–water partition coefficient (Wildman–Crippen LogP) is 4.58. The normalized spacial score (nSPS) is 27.4. The maximum absolute atomic E-state index is 14.8. The smallest absolute Gasteiger partial charge is 0.316 e. The molecule has 0 bridgehead atoms. The average Bonchev–Trinajstić information content (AvgIpc) is 2.94. The Bertz CT molecular complexity index is 986. The van der Waals surface area contributed by atoms with E-state index in [0.717, 1.165) is 11.1 Å². The molecule has 2 heterocycles. The fraction of sp³-hybridized carbons (Fsp3) is 0.333. The van der Waals surface area contributed by atoms with Gasteiger partial charge in [-0.2, -0.15) is 0 Å². The SMILES string of the molecule is C=C1/C(=C/C2=C(C(C)=O)COC(=O)C2(C)CC)NC(F)/C1=C/c1ccccc1C. The minimum absolute atomic E-state index is 0.0691. The summed E-state index contributed by atoms with van der Waals surface area (Å²) in [4.78, 5) is 24.6. The van der Waals surface area contributed by atoms with Crippen molar-refractivity contribution in [3.63, 3.8) is 0 Å². The zero-order chi connectivity index (χ0) is 21.3. The molecule has 3 rings (SSSR count). The van der Waals surface area contributed by atoms with Crippen molar-refractivity contribution in [1.82, 2.24) is 5.32 Å². The average molecular weight is 395 g/mol. The summed E-state index contributed by atoms with van der Waals surface area (Å²) in [5.41, 5.74) is 3.40. The van der Waals surface area contributed by atoms with Gasteiger partial charge in [0.25, 0.3) is 0 Å². The molecule has 1 aromatic carbocycles. The van der Waals surface area contributed by atoms with Gasteiger partial charge in [0.2, 0.25) is 0 Å². The van der Waals surface area contributed by atoms with Crippen LogP contribution in [0.2, 0.25) is 0 Å². The minimum atomic E-state index is -1.42. The molecule has 1 fully saturated rings. The lowest BCUT2D eigenvalue weighted by Gasteiger charge is -2.33. The molecule has 152 valence electrons. The van der Waals surface area contributed by atoms with Crippen molar-refractivity contribution in [3.05, 3.63) is 76.0 Å². The summed E-state index contributed by atoms with van der Waals surface area (Å²) in [7, 11) is 0. The first-order chi connectivity index (χ1) is 13.7. The third-order valence-corrected chi connectivity index (χ3v) is 5.87. The van der Waals surface area contributed by atoms with Crippen molar-refractivity contribution in [1.29, 1.82) is 0 Å². The molecule has 4 nitrogen and oxygen atoms in total. The number of hydrogen-bond donors (Lipinski definition) is 1. The van der Waals surface area contributed by atoms with Crippen molar-refractivity contribution >= 4 is 17.8 Å². The van der Waals surface area contributed by atoms with Crippen molar-refractivity contribution in [3.8, 4) is 0 Å². The van der Waals surface area contributed by atoms with Gasteiger partial charge in [-0.15, -0.1) is 0 Å². The standard InChI is InChI=1S/C24H26FNO3/c1-6-24(5)20(19(16(4)27)13-29-23(24)28)12-21-15(3)18(22(25)26-21)11-17-10-8-7-9-14(17)2/h7-12,22,26H,3,6,13H2,1-2,4-5H3/b18-11+,21-12-. The molecule has 2 atom stereocenters. The molecular formula is C24H26FNO3. The number of nitrogens with one attached hydrogen (secondary N) is 1. The number of alkyl halides is 1. The third kappa shape index (κ3) is 3.69. The Labute approximate surface area is 170 Å². The van der Waals surface area contributed by atoms with Crippen LogP contribution in [0.5, 0.6) is 0 Å². The van der Waals surface area contributed by atoms with Gasteiger partial charge in [0.05, 0.1) is 5.41 Å². The number of cyclic esters (lactones) is 1. The minimum Gasteiger partial charge on any atom is -0.460 e. The highest BCUT2D eigenvalue weighted by Gasteiger charge is 2.43. The van der Waals surface area contributed by atoms with E-state index in [0.29, 0.717) is 34.4 Å². The topological polar surface area (TPSA) is 55.4 Å². The van der Waals surface area contributed by atoms with Gasteiger partial charge in [-0.1, -0.05) is 37.8 Å². The molecule has 2 aliphatic heterocycles. The highest BCUT2D eigenvalue weighted by Crippen LogP contribution is 2.41. The van der Waals surface area contributed by atoms with Gasteiger partial charge in [-0.25, -0.2) is 4.39 Å². The Hall–Kier alpha value is -2.95. The summed E-state index contributed by atoms with van der Waals surface area (Å²) >= 11 is 0. The van der Waals surface area contributed by atoms with Crippen LogP contribution in [-0.2, 0) is 14.3 Å². The number of esters is 1. The van der Waals surface area contributed by atoms with Crippen LogP contribution in [0, 0.1) is 12.3 Å². The molecule has 1 saturated heterocycles. The van der Waals surface area contributed by atoms with E-state index in [1.54, 1.807) is 19.1 Å². The van der Waals surface area contributed by atoms with E-state index in [-0.39, 0.29) is 18.4 Å². The number of halogens is 1. The summed E-state index contributed by atoms with van der Waals surface area (Å²) in [5, 5.41) is 2.81. The summed E-state index contributed by atoms with van der Waals surface area (Å²) in [6.45, 7) is 11.0. The van der Waals surface area contributed by atoms with Crippen LogP contribution in [0.15, 0.2) is 64.9 Å². The van der Waals surface area contributed by atoms with Crippen LogP contribution in [0.1, 0.15) is 38.3 Å². The summed E-state index contributed by atoms with van der Waals surface area (Å²) in [6.07, 6.45) is 2.51. The van der Waals surface area contributed by atoms with E-state index in [9.17, 15) is 14.0 Å². The van der Waals surface area contributed by atoms with E-state index in [4.69, 9.17) is 4.74 Å². The molecule has 0 amide bonds. The maximum Gasteiger partial charge on any atom is 0.316 e. The van der Waals surface area contributed by atoms with E-state index >= 15 is 0 Å². The molecule has 0 aromatic heterocycles. The monoisotopic (exact) mass is 395 g/mol. The first kappa shape index (κ1) is 20.8. The Morgan fingerprint density at radius 1 is 1.38 bits per heavy atom. The Balaban J connectivity index is 2.08. The zero-order valence-electron chi connectivity index (χ0n) is 17.3. The number of rotatable bonds is 4. The summed E-state index contributed by atoms with van der Waals surface area (Å²) in [5.74, 6) is -0.548. The number of ketones is 1. The number of carbonyl (C=O) groups is 2. The predicted molar refractivity (Wildman–Crippen MR) is 111 cm³/mol.